The van der Waals surface area contributed by atoms with Gasteiger partial charge in [-0.05, 0) is 61.9 Å². The Morgan fingerprint density at radius 1 is 1.29 bits per heavy atom. The molecular formula is C20H23NO3. The normalized spacial score (nSPS) is 16.4. The van der Waals surface area contributed by atoms with Gasteiger partial charge in [-0.15, -0.1) is 0 Å². The Morgan fingerprint density at radius 2 is 2.12 bits per heavy atom. The fourth-order valence-corrected chi connectivity index (χ4v) is 3.21. The van der Waals surface area contributed by atoms with Crippen LogP contribution in [0.5, 0.6) is 5.75 Å². The minimum absolute atomic E-state index is 0.0418. The minimum Gasteiger partial charge on any atom is -0.483 e. The maximum absolute atomic E-state index is 12.2. The topological polar surface area (TPSA) is 58.6 Å². The van der Waals surface area contributed by atoms with Crippen LogP contribution in [0.3, 0.4) is 0 Å². The highest BCUT2D eigenvalue weighted by molar-refractivity contribution is 5.92. The molecular weight excluding hydrogens is 302 g/mol. The second-order valence-electron chi connectivity index (χ2n) is 6.39. The van der Waals surface area contributed by atoms with E-state index < -0.39 is 6.10 Å². The maximum Gasteiger partial charge on any atom is 0.262 e. The summed E-state index contributed by atoms with van der Waals surface area (Å²) in [5.74, 6) is 0.512. The average Bonchev–Trinajstić information content (AvgIpc) is 2.56. The smallest absolute Gasteiger partial charge is 0.262 e. The SMILES string of the molecule is Cc1ccc(NC(=O)COc2cccc3c2CCCC3O)c(C)c1. The Labute approximate surface area is 142 Å². The fourth-order valence-electron chi connectivity index (χ4n) is 3.21. The van der Waals surface area contributed by atoms with E-state index in [1.165, 1.54) is 0 Å². The van der Waals surface area contributed by atoms with Gasteiger partial charge in [0.15, 0.2) is 6.61 Å². The standard InChI is InChI=1S/C20H23NO3/c1-13-9-10-17(14(2)11-13)21-20(23)12-24-19-8-4-5-15-16(19)6-3-7-18(15)22/h4-5,8-11,18,22H,3,6-7,12H2,1-2H3,(H,21,23). The molecule has 0 radical (unpaired) electrons. The predicted molar refractivity (Wildman–Crippen MR) is 94.4 cm³/mol. The third kappa shape index (κ3) is 3.60. The van der Waals surface area contributed by atoms with E-state index >= 15 is 0 Å². The van der Waals surface area contributed by atoms with Crippen LogP contribution in [-0.4, -0.2) is 17.6 Å². The van der Waals surface area contributed by atoms with Gasteiger partial charge >= 0.3 is 0 Å². The highest BCUT2D eigenvalue weighted by atomic mass is 16.5. The van der Waals surface area contributed by atoms with E-state index in [0.29, 0.717) is 5.75 Å². The van der Waals surface area contributed by atoms with Crippen LogP contribution >= 0.6 is 0 Å². The summed E-state index contributed by atoms with van der Waals surface area (Å²) in [5.41, 5.74) is 4.95. The van der Waals surface area contributed by atoms with Crippen molar-refractivity contribution in [2.75, 3.05) is 11.9 Å². The van der Waals surface area contributed by atoms with E-state index in [-0.39, 0.29) is 12.5 Å². The molecule has 126 valence electrons. The molecule has 1 aliphatic carbocycles. The fraction of sp³-hybridized carbons (Fsp3) is 0.350. The van der Waals surface area contributed by atoms with Crippen molar-refractivity contribution in [1.82, 2.24) is 0 Å². The number of ether oxygens (including phenoxy) is 1. The first-order chi connectivity index (χ1) is 11.5. The summed E-state index contributed by atoms with van der Waals surface area (Å²) in [7, 11) is 0. The number of nitrogens with one attached hydrogen (secondary N) is 1. The number of hydrogen-bond acceptors (Lipinski definition) is 3. The number of rotatable bonds is 4. The summed E-state index contributed by atoms with van der Waals surface area (Å²) in [6.45, 7) is 3.95. The summed E-state index contributed by atoms with van der Waals surface area (Å²) in [6, 6.07) is 11.6. The summed E-state index contributed by atoms with van der Waals surface area (Å²) < 4.78 is 5.73. The highest BCUT2D eigenvalue weighted by Gasteiger charge is 2.21. The summed E-state index contributed by atoms with van der Waals surface area (Å²) in [4.78, 5) is 12.2. The van der Waals surface area contributed by atoms with Crippen LogP contribution in [0.4, 0.5) is 5.69 Å². The number of amides is 1. The van der Waals surface area contributed by atoms with Crippen LogP contribution in [0.15, 0.2) is 36.4 Å². The number of aliphatic hydroxyl groups excluding tert-OH is 1. The van der Waals surface area contributed by atoms with Crippen LogP contribution in [0.2, 0.25) is 0 Å². The zero-order valence-electron chi connectivity index (χ0n) is 14.1. The predicted octanol–water partition coefficient (Wildman–Crippen LogP) is 3.69. The van der Waals surface area contributed by atoms with E-state index in [1.54, 1.807) is 0 Å². The molecule has 0 saturated heterocycles. The molecule has 1 unspecified atom stereocenters. The number of fused-ring (bicyclic) bond motifs is 1. The zero-order chi connectivity index (χ0) is 17.1. The molecule has 0 aromatic heterocycles. The largest absolute Gasteiger partial charge is 0.483 e. The number of aryl methyl sites for hydroxylation is 2. The van der Waals surface area contributed by atoms with Gasteiger partial charge in [0, 0.05) is 5.69 Å². The molecule has 0 bridgehead atoms. The molecule has 0 spiro atoms. The number of carbonyl (C=O) groups excluding carboxylic acids is 1. The van der Waals surface area contributed by atoms with Crippen molar-refractivity contribution in [2.24, 2.45) is 0 Å². The van der Waals surface area contributed by atoms with Crippen LogP contribution in [-0.2, 0) is 11.2 Å². The first-order valence-corrected chi connectivity index (χ1v) is 8.34. The molecule has 2 N–H and O–H groups in total. The lowest BCUT2D eigenvalue weighted by atomic mass is 9.89. The van der Waals surface area contributed by atoms with Crippen molar-refractivity contribution in [3.8, 4) is 5.75 Å². The maximum atomic E-state index is 12.2. The molecule has 4 heteroatoms. The van der Waals surface area contributed by atoms with Gasteiger partial charge in [-0.25, -0.2) is 0 Å². The molecule has 2 aromatic rings. The lowest BCUT2D eigenvalue weighted by Crippen LogP contribution is -2.21. The van der Waals surface area contributed by atoms with Crippen molar-refractivity contribution in [3.63, 3.8) is 0 Å². The third-order valence-corrected chi connectivity index (χ3v) is 4.45. The molecule has 0 saturated carbocycles. The van der Waals surface area contributed by atoms with Gasteiger partial charge in [0.05, 0.1) is 6.10 Å². The van der Waals surface area contributed by atoms with Gasteiger partial charge in [0.25, 0.3) is 5.91 Å². The minimum atomic E-state index is -0.429. The van der Waals surface area contributed by atoms with Gasteiger partial charge in [-0.1, -0.05) is 29.8 Å². The molecule has 0 aliphatic heterocycles. The van der Waals surface area contributed by atoms with Crippen LogP contribution < -0.4 is 10.1 Å². The Morgan fingerprint density at radius 3 is 2.92 bits per heavy atom. The molecule has 0 fully saturated rings. The molecule has 1 aliphatic rings. The van der Waals surface area contributed by atoms with Gasteiger partial charge < -0.3 is 15.2 Å². The quantitative estimate of drug-likeness (QED) is 0.901. The second-order valence-corrected chi connectivity index (χ2v) is 6.39. The van der Waals surface area contributed by atoms with Crippen LogP contribution in [0, 0.1) is 13.8 Å². The van der Waals surface area contributed by atoms with E-state index in [2.05, 4.69) is 5.32 Å². The van der Waals surface area contributed by atoms with E-state index in [9.17, 15) is 9.90 Å². The first-order valence-electron chi connectivity index (χ1n) is 8.34. The number of anilines is 1. The van der Waals surface area contributed by atoms with Crippen molar-refractivity contribution in [3.05, 3.63) is 58.7 Å². The third-order valence-electron chi connectivity index (χ3n) is 4.45. The molecule has 24 heavy (non-hydrogen) atoms. The lowest BCUT2D eigenvalue weighted by molar-refractivity contribution is -0.118. The Hall–Kier alpha value is -2.33. The van der Waals surface area contributed by atoms with Crippen LogP contribution in [0.1, 0.15) is 41.2 Å². The van der Waals surface area contributed by atoms with Crippen LogP contribution in [0.25, 0.3) is 0 Å². The first kappa shape index (κ1) is 16.5. The van der Waals surface area contributed by atoms with E-state index in [4.69, 9.17) is 4.74 Å². The van der Waals surface area contributed by atoms with Crippen molar-refractivity contribution < 1.29 is 14.6 Å². The zero-order valence-corrected chi connectivity index (χ0v) is 14.1. The Balaban J connectivity index is 1.66. The Bertz CT molecular complexity index is 755. The van der Waals surface area contributed by atoms with E-state index in [0.717, 1.165) is 47.2 Å². The lowest BCUT2D eigenvalue weighted by Gasteiger charge is -2.23. The van der Waals surface area contributed by atoms with Gasteiger partial charge in [0.2, 0.25) is 0 Å². The molecule has 1 atom stereocenters. The highest BCUT2D eigenvalue weighted by Crippen LogP contribution is 2.35. The monoisotopic (exact) mass is 325 g/mol. The van der Waals surface area contributed by atoms with E-state index in [1.807, 2.05) is 50.2 Å². The molecule has 4 nitrogen and oxygen atoms in total. The Kier molecular flexibility index (Phi) is 4.86. The number of carbonyl (C=O) groups is 1. The second kappa shape index (κ2) is 7.05. The molecule has 2 aromatic carbocycles. The summed E-state index contributed by atoms with van der Waals surface area (Å²) in [6.07, 6.45) is 2.16. The average molecular weight is 325 g/mol. The molecule has 1 amide bonds. The number of aliphatic hydroxyl groups is 1. The van der Waals surface area contributed by atoms with Gasteiger partial charge in [0.1, 0.15) is 5.75 Å². The molecule has 3 rings (SSSR count). The van der Waals surface area contributed by atoms with Gasteiger partial charge in [-0.2, -0.15) is 0 Å². The molecule has 0 heterocycles. The van der Waals surface area contributed by atoms with Crippen molar-refractivity contribution in [2.45, 2.75) is 39.2 Å². The summed E-state index contributed by atoms with van der Waals surface area (Å²) in [5, 5.41) is 13.0. The van der Waals surface area contributed by atoms with Crippen molar-refractivity contribution in [1.29, 1.82) is 0 Å². The van der Waals surface area contributed by atoms with Gasteiger partial charge in [-0.3, -0.25) is 4.79 Å². The summed E-state index contributed by atoms with van der Waals surface area (Å²) >= 11 is 0. The number of benzene rings is 2. The number of hydrogen-bond donors (Lipinski definition) is 2. The van der Waals surface area contributed by atoms with Crippen molar-refractivity contribution >= 4 is 11.6 Å².